The number of carbonyl (C=O) groups is 3. The first kappa shape index (κ1) is 18.2. The summed E-state index contributed by atoms with van der Waals surface area (Å²) in [5.74, 6) is -0.453. The van der Waals surface area contributed by atoms with Gasteiger partial charge in [0.2, 0.25) is 0 Å². The number of urea groups is 1. The first-order valence-electron chi connectivity index (χ1n) is 8.14. The highest BCUT2D eigenvalue weighted by molar-refractivity contribution is 6.39. The van der Waals surface area contributed by atoms with Crippen molar-refractivity contribution in [2.75, 3.05) is 19.1 Å². The lowest BCUT2D eigenvalue weighted by molar-refractivity contribution is -0.122. The third kappa shape index (κ3) is 3.52. The summed E-state index contributed by atoms with van der Waals surface area (Å²) < 4.78 is 10.4. The molecule has 2 aromatic rings. The molecule has 0 aliphatic carbocycles. The van der Waals surface area contributed by atoms with Crippen molar-refractivity contribution in [3.63, 3.8) is 0 Å². The maximum absolute atomic E-state index is 12.9. The minimum atomic E-state index is -0.778. The van der Waals surface area contributed by atoms with Crippen LogP contribution in [0.15, 0.2) is 48.0 Å². The number of carbonyl (C=O) groups excluding carboxylic acids is 3. The van der Waals surface area contributed by atoms with Gasteiger partial charge in [0.25, 0.3) is 11.8 Å². The molecule has 0 spiro atoms. The Kier molecular flexibility index (Phi) is 4.94. The van der Waals surface area contributed by atoms with E-state index in [4.69, 9.17) is 9.47 Å². The number of benzene rings is 2. The number of rotatable bonds is 4. The van der Waals surface area contributed by atoms with E-state index in [2.05, 4.69) is 5.32 Å². The Balaban J connectivity index is 2.02. The zero-order valence-corrected chi connectivity index (χ0v) is 15.1. The Bertz CT molecular complexity index is 965. The monoisotopic (exact) mass is 366 g/mol. The van der Waals surface area contributed by atoms with Gasteiger partial charge in [-0.2, -0.15) is 0 Å². The topological polar surface area (TPSA) is 84.9 Å². The fourth-order valence-electron chi connectivity index (χ4n) is 2.77. The molecule has 4 amide bonds. The van der Waals surface area contributed by atoms with E-state index in [1.807, 2.05) is 13.0 Å². The molecular weight excluding hydrogens is 348 g/mol. The average molecular weight is 366 g/mol. The Hall–Kier alpha value is -3.61. The number of aryl methyl sites for hydroxylation is 1. The highest BCUT2D eigenvalue weighted by Gasteiger charge is 2.36. The summed E-state index contributed by atoms with van der Waals surface area (Å²) in [6.45, 7) is 1.85. The summed E-state index contributed by atoms with van der Waals surface area (Å²) in [6, 6.07) is 11.1. The normalized spacial score (nSPS) is 15.7. The number of hydrogen-bond acceptors (Lipinski definition) is 5. The van der Waals surface area contributed by atoms with Crippen molar-refractivity contribution in [2.45, 2.75) is 6.92 Å². The molecule has 7 heteroatoms. The summed E-state index contributed by atoms with van der Waals surface area (Å²) in [4.78, 5) is 38.3. The second kappa shape index (κ2) is 7.33. The van der Waals surface area contributed by atoms with Gasteiger partial charge in [-0.25, -0.2) is 9.69 Å². The van der Waals surface area contributed by atoms with Crippen LogP contribution in [0.5, 0.6) is 11.5 Å². The van der Waals surface area contributed by atoms with Crippen LogP contribution in [0.4, 0.5) is 10.5 Å². The molecule has 0 atom stereocenters. The largest absolute Gasteiger partial charge is 0.493 e. The van der Waals surface area contributed by atoms with Gasteiger partial charge in [0, 0.05) is 0 Å². The Morgan fingerprint density at radius 3 is 2.37 bits per heavy atom. The third-order valence-corrected chi connectivity index (χ3v) is 4.08. The maximum Gasteiger partial charge on any atom is 0.335 e. The Labute approximate surface area is 156 Å². The van der Waals surface area contributed by atoms with Crippen LogP contribution >= 0.6 is 0 Å². The van der Waals surface area contributed by atoms with Crippen molar-refractivity contribution in [3.8, 4) is 11.5 Å². The first-order chi connectivity index (χ1) is 12.9. The highest BCUT2D eigenvalue weighted by atomic mass is 16.5. The van der Waals surface area contributed by atoms with Crippen LogP contribution in [0.3, 0.4) is 0 Å². The van der Waals surface area contributed by atoms with E-state index >= 15 is 0 Å². The van der Waals surface area contributed by atoms with E-state index in [1.165, 1.54) is 20.3 Å². The van der Waals surface area contributed by atoms with Crippen molar-refractivity contribution in [1.82, 2.24) is 5.32 Å². The molecular formula is C20H18N2O5. The summed E-state index contributed by atoms with van der Waals surface area (Å²) in [7, 11) is 3.00. The molecule has 0 saturated carbocycles. The average Bonchev–Trinajstić information content (AvgIpc) is 2.64. The zero-order chi connectivity index (χ0) is 19.6. The van der Waals surface area contributed by atoms with Crippen molar-refractivity contribution in [3.05, 3.63) is 59.2 Å². The van der Waals surface area contributed by atoms with Gasteiger partial charge in [-0.15, -0.1) is 0 Å². The number of ether oxygens (including phenoxy) is 2. The van der Waals surface area contributed by atoms with Crippen molar-refractivity contribution < 1.29 is 23.9 Å². The predicted molar refractivity (Wildman–Crippen MR) is 99.7 cm³/mol. The molecule has 3 rings (SSSR count). The summed E-state index contributed by atoms with van der Waals surface area (Å²) >= 11 is 0. The van der Waals surface area contributed by atoms with Gasteiger partial charge in [-0.05, 0) is 48.4 Å². The van der Waals surface area contributed by atoms with Crippen molar-refractivity contribution >= 4 is 29.6 Å². The van der Waals surface area contributed by atoms with E-state index in [0.717, 1.165) is 10.5 Å². The molecule has 138 valence electrons. The molecule has 1 heterocycles. The smallest absolute Gasteiger partial charge is 0.335 e. The molecule has 1 fully saturated rings. The fraction of sp³-hybridized carbons (Fsp3) is 0.150. The predicted octanol–water partition coefficient (Wildman–Crippen LogP) is 2.68. The van der Waals surface area contributed by atoms with Gasteiger partial charge in [0.05, 0.1) is 19.9 Å². The number of imide groups is 2. The number of anilines is 1. The summed E-state index contributed by atoms with van der Waals surface area (Å²) in [5.41, 5.74) is 1.69. The van der Waals surface area contributed by atoms with Gasteiger partial charge in [0.15, 0.2) is 11.5 Å². The molecule has 1 saturated heterocycles. The molecule has 0 aromatic heterocycles. The molecule has 0 radical (unpaired) electrons. The number of barbiturate groups is 1. The van der Waals surface area contributed by atoms with Crippen LogP contribution in [0, 0.1) is 6.92 Å². The van der Waals surface area contributed by atoms with E-state index in [1.54, 1.807) is 36.4 Å². The van der Waals surface area contributed by atoms with Gasteiger partial charge >= 0.3 is 6.03 Å². The minimum absolute atomic E-state index is 0.150. The second-order valence-corrected chi connectivity index (χ2v) is 5.91. The molecule has 27 heavy (non-hydrogen) atoms. The van der Waals surface area contributed by atoms with E-state index in [0.29, 0.717) is 22.7 Å². The molecule has 1 N–H and O–H groups in total. The quantitative estimate of drug-likeness (QED) is 0.664. The molecule has 0 bridgehead atoms. The number of nitrogens with one attached hydrogen (secondary N) is 1. The summed E-state index contributed by atoms with van der Waals surface area (Å²) in [6.07, 6.45) is 1.41. The lowest BCUT2D eigenvalue weighted by Crippen LogP contribution is -2.54. The van der Waals surface area contributed by atoms with Crippen molar-refractivity contribution in [1.29, 1.82) is 0 Å². The highest BCUT2D eigenvalue weighted by Crippen LogP contribution is 2.29. The van der Waals surface area contributed by atoms with Gasteiger partial charge in [-0.3, -0.25) is 14.9 Å². The van der Waals surface area contributed by atoms with Crippen LogP contribution in [-0.2, 0) is 9.59 Å². The number of amides is 4. The van der Waals surface area contributed by atoms with Crippen molar-refractivity contribution in [2.24, 2.45) is 0 Å². The van der Waals surface area contributed by atoms with Crippen LogP contribution in [0.25, 0.3) is 6.08 Å². The Morgan fingerprint density at radius 1 is 0.963 bits per heavy atom. The molecule has 7 nitrogen and oxygen atoms in total. The third-order valence-electron chi connectivity index (χ3n) is 4.08. The van der Waals surface area contributed by atoms with Gasteiger partial charge in [0.1, 0.15) is 5.57 Å². The van der Waals surface area contributed by atoms with E-state index < -0.39 is 17.8 Å². The van der Waals surface area contributed by atoms with Crippen LogP contribution in [0.2, 0.25) is 0 Å². The molecule has 1 aliphatic heterocycles. The van der Waals surface area contributed by atoms with Crippen LogP contribution < -0.4 is 19.7 Å². The molecule has 2 aromatic carbocycles. The number of nitrogens with zero attached hydrogens (tertiary/aromatic N) is 1. The molecule has 0 unspecified atom stereocenters. The van der Waals surface area contributed by atoms with E-state index in [-0.39, 0.29) is 5.57 Å². The Morgan fingerprint density at radius 2 is 1.70 bits per heavy atom. The number of methoxy groups -OCH3 is 2. The number of hydrogen-bond donors (Lipinski definition) is 1. The summed E-state index contributed by atoms with van der Waals surface area (Å²) in [5, 5.41) is 2.20. The van der Waals surface area contributed by atoms with Crippen LogP contribution in [-0.4, -0.2) is 32.1 Å². The standard InChI is InChI=1S/C20H18N2O5/c1-12-5-4-6-14(9-12)22-19(24)15(18(23)21-20(22)25)10-13-7-8-16(26-2)17(11-13)27-3/h4-11H,1-3H3,(H,21,23,25). The first-order valence-corrected chi connectivity index (χ1v) is 8.14. The SMILES string of the molecule is COc1ccc(C=C2C(=O)NC(=O)N(c3cccc(C)c3)C2=O)cc1OC. The lowest BCUT2D eigenvalue weighted by Gasteiger charge is -2.26. The fourth-order valence-corrected chi connectivity index (χ4v) is 2.77. The van der Waals surface area contributed by atoms with E-state index in [9.17, 15) is 14.4 Å². The van der Waals surface area contributed by atoms with Crippen LogP contribution in [0.1, 0.15) is 11.1 Å². The second-order valence-electron chi connectivity index (χ2n) is 5.91. The zero-order valence-electron chi connectivity index (χ0n) is 15.1. The van der Waals surface area contributed by atoms with Gasteiger partial charge < -0.3 is 9.47 Å². The minimum Gasteiger partial charge on any atom is -0.493 e. The van der Waals surface area contributed by atoms with Gasteiger partial charge in [-0.1, -0.05) is 18.2 Å². The lowest BCUT2D eigenvalue weighted by atomic mass is 10.1. The maximum atomic E-state index is 12.9. The molecule has 1 aliphatic rings.